The van der Waals surface area contributed by atoms with Gasteiger partial charge in [-0.3, -0.25) is 0 Å². The molecule has 0 fully saturated rings. The molecule has 0 radical (unpaired) electrons. The molecule has 0 bridgehead atoms. The lowest BCUT2D eigenvalue weighted by Gasteiger charge is -2.18. The van der Waals surface area contributed by atoms with E-state index in [-0.39, 0.29) is 11.9 Å². The first-order valence-corrected chi connectivity index (χ1v) is 7.93. The molecule has 104 valence electrons. The fraction of sp³-hybridized carbons (Fsp3) is 0.294. The third-order valence-electron chi connectivity index (χ3n) is 3.82. The fourth-order valence-corrected chi connectivity index (χ4v) is 3.87. The van der Waals surface area contributed by atoms with Crippen LogP contribution in [-0.2, 0) is 0 Å². The summed E-state index contributed by atoms with van der Waals surface area (Å²) in [5.41, 5.74) is 2.44. The average Bonchev–Trinajstić information content (AvgIpc) is 2.88. The lowest BCUT2D eigenvalue weighted by atomic mass is 10.0. The van der Waals surface area contributed by atoms with Crippen LogP contribution in [-0.4, -0.2) is 12.3 Å². The normalized spacial score (nSPS) is 18.8. The molecule has 2 aromatic carbocycles. The van der Waals surface area contributed by atoms with Gasteiger partial charge in [0, 0.05) is 29.2 Å². The second-order valence-corrected chi connectivity index (χ2v) is 6.29. The van der Waals surface area contributed by atoms with E-state index in [4.69, 9.17) is 0 Å². The molecule has 0 aromatic heterocycles. The maximum atomic E-state index is 13.2. The van der Waals surface area contributed by atoms with Gasteiger partial charge in [0.1, 0.15) is 5.82 Å². The van der Waals surface area contributed by atoms with Crippen molar-refractivity contribution in [1.82, 2.24) is 5.32 Å². The van der Waals surface area contributed by atoms with Crippen molar-refractivity contribution < 1.29 is 4.39 Å². The Hall–Kier alpha value is -1.32. The number of hydrogen-bond donors (Lipinski definition) is 1. The lowest BCUT2D eigenvalue weighted by Crippen LogP contribution is -2.24. The standard InChI is InChI=1S/C17H18FNS/c1-12(13-5-4-6-15(18)9-13)19-10-14-11-20-17-8-3-2-7-16(14)17/h2-9,12,14,19H,10-11H2,1H3. The maximum absolute atomic E-state index is 13.2. The minimum absolute atomic E-state index is 0.169. The van der Waals surface area contributed by atoms with Crippen molar-refractivity contribution in [2.24, 2.45) is 0 Å². The molecule has 1 aliphatic heterocycles. The molecule has 20 heavy (non-hydrogen) atoms. The molecule has 3 heteroatoms. The van der Waals surface area contributed by atoms with Gasteiger partial charge in [-0.1, -0.05) is 30.3 Å². The molecule has 2 atom stereocenters. The molecule has 1 N–H and O–H groups in total. The molecule has 0 spiro atoms. The second-order valence-electron chi connectivity index (χ2n) is 5.23. The molecular formula is C17H18FNS. The van der Waals surface area contributed by atoms with Crippen LogP contribution < -0.4 is 5.32 Å². The summed E-state index contributed by atoms with van der Waals surface area (Å²) < 4.78 is 13.2. The van der Waals surface area contributed by atoms with E-state index in [0.29, 0.717) is 5.92 Å². The van der Waals surface area contributed by atoms with Crippen LogP contribution in [0.3, 0.4) is 0 Å². The molecule has 1 aliphatic rings. The van der Waals surface area contributed by atoms with Gasteiger partial charge >= 0.3 is 0 Å². The topological polar surface area (TPSA) is 12.0 Å². The van der Waals surface area contributed by atoms with Crippen molar-refractivity contribution in [3.8, 4) is 0 Å². The van der Waals surface area contributed by atoms with E-state index < -0.39 is 0 Å². The van der Waals surface area contributed by atoms with Gasteiger partial charge in [0.05, 0.1) is 0 Å². The van der Waals surface area contributed by atoms with Crippen LogP contribution in [0.1, 0.15) is 30.0 Å². The third-order valence-corrected chi connectivity index (χ3v) is 5.07. The van der Waals surface area contributed by atoms with Gasteiger partial charge in [0.25, 0.3) is 0 Å². The largest absolute Gasteiger partial charge is 0.310 e. The van der Waals surface area contributed by atoms with Gasteiger partial charge in [-0.25, -0.2) is 4.39 Å². The van der Waals surface area contributed by atoms with Gasteiger partial charge in [-0.05, 0) is 36.2 Å². The summed E-state index contributed by atoms with van der Waals surface area (Å²) in [5, 5.41) is 3.53. The highest BCUT2D eigenvalue weighted by molar-refractivity contribution is 7.99. The van der Waals surface area contributed by atoms with Crippen molar-refractivity contribution >= 4 is 11.8 Å². The lowest BCUT2D eigenvalue weighted by molar-refractivity contribution is 0.536. The quantitative estimate of drug-likeness (QED) is 0.896. The number of rotatable bonds is 4. The minimum Gasteiger partial charge on any atom is -0.310 e. The van der Waals surface area contributed by atoms with E-state index in [2.05, 4.69) is 36.5 Å². The number of fused-ring (bicyclic) bond motifs is 1. The Bertz CT molecular complexity index is 599. The van der Waals surface area contributed by atoms with Crippen LogP contribution in [0.5, 0.6) is 0 Å². The molecule has 1 nitrogen and oxygen atoms in total. The molecule has 0 saturated carbocycles. The Labute approximate surface area is 123 Å². The Morgan fingerprint density at radius 3 is 2.95 bits per heavy atom. The number of halogens is 1. The predicted octanol–water partition coefficient (Wildman–Crippen LogP) is 4.37. The number of hydrogen-bond acceptors (Lipinski definition) is 2. The first-order chi connectivity index (χ1) is 9.74. The van der Waals surface area contributed by atoms with Gasteiger partial charge in [-0.2, -0.15) is 0 Å². The number of nitrogens with one attached hydrogen (secondary N) is 1. The highest BCUT2D eigenvalue weighted by atomic mass is 32.2. The summed E-state index contributed by atoms with van der Waals surface area (Å²) in [7, 11) is 0. The minimum atomic E-state index is -0.169. The third kappa shape index (κ3) is 2.89. The Kier molecular flexibility index (Phi) is 4.08. The number of benzene rings is 2. The monoisotopic (exact) mass is 287 g/mol. The zero-order valence-electron chi connectivity index (χ0n) is 11.5. The summed E-state index contributed by atoms with van der Waals surface area (Å²) in [5.74, 6) is 1.51. The average molecular weight is 287 g/mol. The summed E-state index contributed by atoms with van der Waals surface area (Å²) in [4.78, 5) is 1.40. The summed E-state index contributed by atoms with van der Waals surface area (Å²) in [6.07, 6.45) is 0. The van der Waals surface area contributed by atoms with Crippen LogP contribution in [0.2, 0.25) is 0 Å². The summed E-state index contributed by atoms with van der Waals surface area (Å²) in [6.45, 7) is 3.02. The summed E-state index contributed by atoms with van der Waals surface area (Å²) >= 11 is 1.93. The van der Waals surface area contributed by atoms with Crippen LogP contribution in [0.4, 0.5) is 4.39 Å². The molecule has 0 aliphatic carbocycles. The van der Waals surface area contributed by atoms with E-state index in [1.54, 1.807) is 12.1 Å². The zero-order valence-corrected chi connectivity index (χ0v) is 12.3. The Morgan fingerprint density at radius 1 is 1.25 bits per heavy atom. The first kappa shape index (κ1) is 13.7. The first-order valence-electron chi connectivity index (χ1n) is 6.94. The molecule has 1 heterocycles. The van der Waals surface area contributed by atoms with Crippen molar-refractivity contribution in [1.29, 1.82) is 0 Å². The maximum Gasteiger partial charge on any atom is 0.123 e. The molecule has 0 saturated heterocycles. The SMILES string of the molecule is CC(NCC1CSc2ccccc21)c1cccc(F)c1. The van der Waals surface area contributed by atoms with E-state index >= 15 is 0 Å². The van der Waals surface area contributed by atoms with Crippen molar-refractivity contribution in [2.75, 3.05) is 12.3 Å². The van der Waals surface area contributed by atoms with Crippen LogP contribution in [0.15, 0.2) is 53.4 Å². The van der Waals surface area contributed by atoms with E-state index in [9.17, 15) is 4.39 Å². The molecule has 0 amide bonds. The van der Waals surface area contributed by atoms with E-state index in [1.165, 1.54) is 16.5 Å². The molecule has 2 unspecified atom stereocenters. The fourth-order valence-electron chi connectivity index (χ4n) is 2.61. The van der Waals surface area contributed by atoms with Gasteiger partial charge in [-0.15, -0.1) is 11.8 Å². The highest BCUT2D eigenvalue weighted by Crippen LogP contribution is 2.39. The molecule has 3 rings (SSSR count). The van der Waals surface area contributed by atoms with Crippen molar-refractivity contribution in [2.45, 2.75) is 23.8 Å². The van der Waals surface area contributed by atoms with Gasteiger partial charge in [0.15, 0.2) is 0 Å². The van der Waals surface area contributed by atoms with Crippen LogP contribution >= 0.6 is 11.8 Å². The number of thioether (sulfide) groups is 1. The Morgan fingerprint density at radius 2 is 2.10 bits per heavy atom. The molecular weight excluding hydrogens is 269 g/mol. The van der Waals surface area contributed by atoms with Gasteiger partial charge < -0.3 is 5.32 Å². The summed E-state index contributed by atoms with van der Waals surface area (Å²) in [6, 6.07) is 15.6. The molecule has 2 aromatic rings. The van der Waals surface area contributed by atoms with E-state index in [1.807, 2.05) is 17.8 Å². The smallest absolute Gasteiger partial charge is 0.123 e. The predicted molar refractivity (Wildman–Crippen MR) is 82.7 cm³/mol. The van der Waals surface area contributed by atoms with Crippen molar-refractivity contribution in [3.63, 3.8) is 0 Å². The van der Waals surface area contributed by atoms with Crippen LogP contribution in [0, 0.1) is 5.82 Å². The van der Waals surface area contributed by atoms with E-state index in [0.717, 1.165) is 17.9 Å². The zero-order chi connectivity index (χ0) is 13.9. The van der Waals surface area contributed by atoms with Crippen LogP contribution in [0.25, 0.3) is 0 Å². The second kappa shape index (κ2) is 5.98. The Balaban J connectivity index is 1.63. The van der Waals surface area contributed by atoms with Gasteiger partial charge in [0.2, 0.25) is 0 Å². The highest BCUT2D eigenvalue weighted by Gasteiger charge is 2.22. The van der Waals surface area contributed by atoms with Crippen molar-refractivity contribution in [3.05, 3.63) is 65.5 Å².